The van der Waals surface area contributed by atoms with Crippen molar-refractivity contribution in [1.82, 2.24) is 47.9 Å². The van der Waals surface area contributed by atoms with Crippen molar-refractivity contribution in [2.24, 2.45) is 5.73 Å². The van der Waals surface area contributed by atoms with Crippen LogP contribution in [-0.2, 0) is 172 Å². The van der Waals surface area contributed by atoms with E-state index < -0.39 is 189 Å². The summed E-state index contributed by atoms with van der Waals surface area (Å²) >= 11 is 0. The van der Waals surface area contributed by atoms with E-state index in [0.29, 0.717) is 57.8 Å². The largest absolute Gasteiger partial charge is 0.463 e. The van der Waals surface area contributed by atoms with Crippen molar-refractivity contribution >= 4 is 107 Å². The molecule has 0 spiro atoms. The van der Waals surface area contributed by atoms with Gasteiger partial charge in [0.25, 0.3) is 0 Å². The second-order valence-electron chi connectivity index (χ2n) is 29.6. The third-order valence-electron chi connectivity index (χ3n) is 18.0. The summed E-state index contributed by atoms with van der Waals surface area (Å²) in [5.41, 5.74) is 5.39. The average molecular weight is 1790 g/mol. The van der Waals surface area contributed by atoms with Crippen LogP contribution in [0.4, 0.5) is 0 Å². The molecule has 3 heterocycles. The van der Waals surface area contributed by atoms with Gasteiger partial charge in [0.2, 0.25) is 53.2 Å². The zero-order valence-corrected chi connectivity index (χ0v) is 73.3. The minimum absolute atomic E-state index is 0.00469. The molecule has 0 aliphatic carbocycles. The van der Waals surface area contributed by atoms with Crippen LogP contribution in [-0.4, -0.2) is 323 Å². The Morgan fingerprint density at radius 2 is 0.488 bits per heavy atom. The van der Waals surface area contributed by atoms with Gasteiger partial charge in [0.05, 0.1) is 45.2 Å². The Balaban J connectivity index is 1.48. The fraction of sp³-hybridized carbons (Fsp3) is 0.772. The van der Waals surface area contributed by atoms with Crippen LogP contribution in [0.25, 0.3) is 0 Å². The lowest BCUT2D eigenvalue weighted by molar-refractivity contribution is -0.277. The fourth-order valence-corrected chi connectivity index (χ4v) is 12.7. The van der Waals surface area contributed by atoms with Crippen LogP contribution >= 0.6 is 0 Å². The molecule has 9 amide bonds. The maximum atomic E-state index is 12.9. The lowest BCUT2D eigenvalue weighted by atomic mass is 9.96. The summed E-state index contributed by atoms with van der Waals surface area (Å²) < 4.78 is 101. The zero-order valence-electron chi connectivity index (χ0n) is 73.3. The van der Waals surface area contributed by atoms with Gasteiger partial charge in [-0.3, -0.25) is 86.3 Å². The Kier molecular flexibility index (Phi) is 53.0. The number of carbonyl (C=O) groups excluding carboxylic acids is 18. The Labute approximate surface area is 724 Å². The average Bonchev–Trinajstić information content (AvgIpc) is 0.797. The van der Waals surface area contributed by atoms with Crippen molar-refractivity contribution in [2.45, 2.75) is 277 Å². The van der Waals surface area contributed by atoms with E-state index in [0.717, 1.165) is 62.3 Å². The highest BCUT2D eigenvalue weighted by Crippen LogP contribution is 2.32. The molecule has 3 aliphatic heterocycles. The minimum Gasteiger partial charge on any atom is -0.463 e. The van der Waals surface area contributed by atoms with Crippen LogP contribution < -0.4 is 53.6 Å². The van der Waals surface area contributed by atoms with Gasteiger partial charge in [-0.2, -0.15) is 0 Å². The normalized spacial score (nSPS) is 22.4. The Bertz CT molecular complexity index is 3140. The van der Waals surface area contributed by atoms with E-state index in [1.165, 1.54) is 20.8 Å². The van der Waals surface area contributed by atoms with Crippen LogP contribution in [0.15, 0.2) is 0 Å². The van der Waals surface area contributed by atoms with Crippen molar-refractivity contribution < 1.29 is 172 Å². The number of nitrogens with one attached hydrogen (secondary N) is 9. The van der Waals surface area contributed by atoms with Crippen molar-refractivity contribution in [3.8, 4) is 0 Å². The molecule has 46 nitrogen and oxygen atoms in total. The number of amides is 9. The summed E-state index contributed by atoms with van der Waals surface area (Å²) in [6, 6.07) is -3.46. The molecule has 0 radical (unpaired) electrons. The van der Waals surface area contributed by atoms with Crippen LogP contribution in [0.5, 0.6) is 0 Å². The highest BCUT2D eigenvalue weighted by molar-refractivity contribution is 5.79. The summed E-state index contributed by atoms with van der Waals surface area (Å²) in [5, 5.41) is 24.5. The standard InChI is InChI=1S/C79H128N10O36/c1-46(90)87-67-73(120-55(10)99)70(117-52(7)96)58(40-114-49(4)93)123-76(67)111-34-16-13-22-61(102)81-28-19-31-84-64(105)25-37-108-43-79(80,44-109-38-26-65(106)85-32-20-29-82-62(103)23-14-17-35-112-77-68(88-47(2)91)74(121-56(11)100)71(118-53(8)97)59(124-77)41-115-50(5)94)45-110-39-27-66(107)86-33-21-30-83-63(104)24-15-18-36-113-78-69(89-48(3)92)75(122-57(12)101)72(119-54(9)98)60(125-78)42-116-51(6)95/h58-60,67-78H,13-45,80H2,1-12H3,(H,81,102)(H,82,103)(H,83,104)(H,84,105)(H,85,106)(H,86,107)(H,87,90)(H,88,91)(H,89,92)/t58?,59?,60?,67?,68?,69?,70-,71-,72-,73?,74?,75?,76+,77+,78+,79?/m0/s1. The first-order chi connectivity index (χ1) is 59.3. The summed E-state index contributed by atoms with van der Waals surface area (Å²) in [5.74, 6) is -10.2. The number of nitrogens with two attached hydrogens (primary N) is 1. The van der Waals surface area contributed by atoms with Gasteiger partial charge in [0.1, 0.15) is 56.3 Å². The highest BCUT2D eigenvalue weighted by atomic mass is 16.7. The first kappa shape index (κ1) is 109. The number of esters is 9. The van der Waals surface area contributed by atoms with E-state index in [1.54, 1.807) is 0 Å². The second-order valence-corrected chi connectivity index (χ2v) is 29.6. The molecule has 0 aromatic carbocycles. The molecule has 0 bridgehead atoms. The van der Waals surface area contributed by atoms with Crippen LogP contribution in [0.3, 0.4) is 0 Å². The topological polar surface area (TPSA) is 608 Å². The van der Waals surface area contributed by atoms with Gasteiger partial charge in [-0.1, -0.05) is 0 Å². The third-order valence-corrected chi connectivity index (χ3v) is 18.0. The lowest BCUT2D eigenvalue weighted by Crippen LogP contribution is -2.66. The summed E-state index contributed by atoms with van der Waals surface area (Å²) in [6.45, 7) is 13.0. The predicted octanol–water partition coefficient (Wildman–Crippen LogP) is -2.70. The molecule has 11 N–H and O–H groups in total. The van der Waals surface area contributed by atoms with Gasteiger partial charge in [0.15, 0.2) is 55.5 Å². The lowest BCUT2D eigenvalue weighted by Gasteiger charge is -2.44. The maximum Gasteiger partial charge on any atom is 0.303 e. The van der Waals surface area contributed by atoms with E-state index in [-0.39, 0.29) is 173 Å². The van der Waals surface area contributed by atoms with Crippen molar-refractivity contribution in [2.75, 3.05) is 119 Å². The molecule has 3 aliphatic rings. The van der Waals surface area contributed by atoms with Gasteiger partial charge in [-0.25, -0.2) is 0 Å². The smallest absolute Gasteiger partial charge is 0.303 e. The quantitative estimate of drug-likeness (QED) is 0.0168. The minimum atomic E-state index is -1.35. The predicted molar refractivity (Wildman–Crippen MR) is 427 cm³/mol. The molecule has 15 atom stereocenters. The molecule has 0 aromatic rings. The van der Waals surface area contributed by atoms with E-state index in [4.69, 9.17) is 91.0 Å². The third kappa shape index (κ3) is 47.8. The number of carbonyl (C=O) groups is 18. The summed E-state index contributed by atoms with van der Waals surface area (Å²) in [7, 11) is 0. The Morgan fingerprint density at radius 1 is 0.272 bits per heavy atom. The van der Waals surface area contributed by atoms with Gasteiger partial charge in [-0.15, -0.1) is 0 Å². The Hall–Kier alpha value is -9.94. The van der Waals surface area contributed by atoms with Crippen molar-refractivity contribution in [3.05, 3.63) is 0 Å². The SMILES string of the molecule is CC(=O)NC1C(OC(C)=O)[C@@H](OC(C)=O)C(COC(C)=O)O[C@H]1OCCCCC(=O)NCCCNC(=O)CCOCC(N)(COCCC(=O)NCCCNC(=O)CCCCO[C@@H]1OC(COC(C)=O)[C@H](OC(C)=O)C(OC(C)=O)C1NC(C)=O)COCCC(=O)NCCCNC(=O)CCCCO[C@@H]1OC(COC(C)=O)[C@H](OC(C)=O)C(OC(C)=O)C1NC(C)=O. The molecule has 0 aromatic heterocycles. The van der Waals surface area contributed by atoms with Gasteiger partial charge in [-0.05, 0) is 57.8 Å². The highest BCUT2D eigenvalue weighted by Gasteiger charge is 2.54. The summed E-state index contributed by atoms with van der Waals surface area (Å²) in [4.78, 5) is 221. The van der Waals surface area contributed by atoms with Crippen LogP contribution in [0.2, 0.25) is 0 Å². The Morgan fingerprint density at radius 3 is 0.696 bits per heavy atom. The van der Waals surface area contributed by atoms with Crippen molar-refractivity contribution in [1.29, 1.82) is 0 Å². The maximum absolute atomic E-state index is 12.9. The summed E-state index contributed by atoms with van der Waals surface area (Å²) in [6.07, 6.45) is -11.8. The number of hydrogen-bond acceptors (Lipinski definition) is 37. The first-order valence-corrected chi connectivity index (χ1v) is 41.4. The molecule has 125 heavy (non-hydrogen) atoms. The second kappa shape index (κ2) is 60.6. The number of unbranched alkanes of at least 4 members (excludes halogenated alkanes) is 3. The van der Waals surface area contributed by atoms with Crippen molar-refractivity contribution in [3.63, 3.8) is 0 Å². The van der Waals surface area contributed by atoms with E-state index in [9.17, 15) is 86.3 Å². The molecule has 3 fully saturated rings. The number of hydrogen-bond donors (Lipinski definition) is 10. The zero-order chi connectivity index (χ0) is 93.0. The molecule has 46 heteroatoms. The molecule has 3 saturated heterocycles. The molecule has 3 rings (SSSR count). The first-order valence-electron chi connectivity index (χ1n) is 41.4. The fourth-order valence-electron chi connectivity index (χ4n) is 12.7. The monoisotopic (exact) mass is 1790 g/mol. The molecular weight excluding hydrogens is 1660 g/mol. The molecule has 710 valence electrons. The number of rotatable bonds is 60. The van der Waals surface area contributed by atoms with Crippen LogP contribution in [0.1, 0.15) is 179 Å². The number of ether oxygens (including phenoxy) is 18. The molecule has 9 unspecified atom stereocenters. The van der Waals surface area contributed by atoms with Crippen LogP contribution in [0, 0.1) is 0 Å². The van der Waals surface area contributed by atoms with Gasteiger partial charge < -0.3 is 139 Å². The molecule has 0 saturated carbocycles. The van der Waals surface area contributed by atoms with E-state index in [2.05, 4.69) is 47.9 Å². The van der Waals surface area contributed by atoms with Gasteiger partial charge in [0, 0.05) is 181 Å². The molecular formula is C79H128N10O36. The van der Waals surface area contributed by atoms with E-state index in [1.807, 2.05) is 0 Å². The van der Waals surface area contributed by atoms with E-state index >= 15 is 0 Å². The van der Waals surface area contributed by atoms with Gasteiger partial charge >= 0.3 is 53.7 Å².